The number of hydrogen-bond acceptors (Lipinski definition) is 6. The Balaban J connectivity index is 1.51. The first-order chi connectivity index (χ1) is 9.90. The number of hydrogen-bond donors (Lipinski definition) is 1. The molecule has 6 heteroatoms. The second-order valence-corrected chi connectivity index (χ2v) is 5.45. The lowest BCUT2D eigenvalue weighted by Gasteiger charge is -2.26. The van der Waals surface area contributed by atoms with Gasteiger partial charge in [0.2, 0.25) is 0 Å². The third-order valence-corrected chi connectivity index (χ3v) is 3.90. The zero-order valence-corrected chi connectivity index (χ0v) is 12.1. The molecule has 5 nitrogen and oxygen atoms in total. The molecule has 106 valence electrons. The number of nitrogens with one attached hydrogen (secondary N) is 1. The predicted octanol–water partition coefficient (Wildman–Crippen LogP) is 1.98. The maximum atomic E-state index is 5.36. The molecular formula is C14H18N4OS. The van der Waals surface area contributed by atoms with Gasteiger partial charge in [-0.1, -0.05) is 16.6 Å². The molecule has 0 spiro atoms. The van der Waals surface area contributed by atoms with E-state index in [1.165, 1.54) is 17.1 Å². The first-order valence-corrected chi connectivity index (χ1v) is 7.63. The van der Waals surface area contributed by atoms with Crippen LogP contribution in [-0.4, -0.2) is 40.8 Å². The van der Waals surface area contributed by atoms with E-state index in [1.54, 1.807) is 0 Å². The number of nitrogens with zero attached hydrogens (tertiary/aromatic N) is 3. The predicted molar refractivity (Wildman–Crippen MR) is 79.8 cm³/mol. The molecule has 2 heterocycles. The highest BCUT2D eigenvalue weighted by Gasteiger charge is 2.10. The van der Waals surface area contributed by atoms with Gasteiger partial charge in [-0.3, -0.25) is 4.90 Å². The average Bonchev–Trinajstić information content (AvgIpc) is 3.01. The maximum absolute atomic E-state index is 5.36. The summed E-state index contributed by atoms with van der Waals surface area (Å²) in [6.45, 7) is 5.47. The first-order valence-electron chi connectivity index (χ1n) is 6.79. The van der Waals surface area contributed by atoms with Gasteiger partial charge in [-0.05, 0) is 29.2 Å². The normalized spacial score (nSPS) is 16.2. The molecule has 0 amide bonds. The number of morpholine rings is 1. The van der Waals surface area contributed by atoms with Crippen LogP contribution in [0.1, 0.15) is 11.3 Å². The Kier molecular flexibility index (Phi) is 4.57. The van der Waals surface area contributed by atoms with Crippen LogP contribution in [0.25, 0.3) is 0 Å². The molecule has 1 saturated heterocycles. The molecular weight excluding hydrogens is 272 g/mol. The molecule has 0 saturated carbocycles. The van der Waals surface area contributed by atoms with Gasteiger partial charge in [-0.15, -0.1) is 5.10 Å². The van der Waals surface area contributed by atoms with Crippen LogP contribution in [0.3, 0.4) is 0 Å². The van der Waals surface area contributed by atoms with E-state index in [2.05, 4.69) is 44.1 Å². The van der Waals surface area contributed by atoms with E-state index in [9.17, 15) is 0 Å². The minimum Gasteiger partial charge on any atom is -0.379 e. The van der Waals surface area contributed by atoms with E-state index < -0.39 is 0 Å². The van der Waals surface area contributed by atoms with Gasteiger partial charge in [0, 0.05) is 30.7 Å². The van der Waals surface area contributed by atoms with Gasteiger partial charge in [0.05, 0.1) is 25.5 Å². The van der Waals surface area contributed by atoms with Crippen molar-refractivity contribution >= 4 is 17.2 Å². The van der Waals surface area contributed by atoms with Crippen molar-refractivity contribution in [2.24, 2.45) is 0 Å². The van der Waals surface area contributed by atoms with Crippen LogP contribution in [-0.2, 0) is 17.8 Å². The van der Waals surface area contributed by atoms with E-state index in [0.717, 1.165) is 50.8 Å². The van der Waals surface area contributed by atoms with E-state index >= 15 is 0 Å². The van der Waals surface area contributed by atoms with Crippen molar-refractivity contribution in [3.8, 4) is 0 Å². The van der Waals surface area contributed by atoms with Crippen LogP contribution >= 0.6 is 11.5 Å². The highest BCUT2D eigenvalue weighted by Crippen LogP contribution is 2.13. The Morgan fingerprint density at radius 1 is 1.20 bits per heavy atom. The minimum absolute atomic E-state index is 0.722. The molecule has 1 N–H and O–H groups in total. The zero-order chi connectivity index (χ0) is 13.6. The van der Waals surface area contributed by atoms with Gasteiger partial charge in [0.25, 0.3) is 0 Å². The largest absolute Gasteiger partial charge is 0.379 e. The highest BCUT2D eigenvalue weighted by molar-refractivity contribution is 7.03. The second kappa shape index (κ2) is 6.78. The summed E-state index contributed by atoms with van der Waals surface area (Å²) in [5.74, 6) is 0. The first kappa shape index (κ1) is 13.5. The van der Waals surface area contributed by atoms with Crippen molar-refractivity contribution in [3.63, 3.8) is 0 Å². The molecule has 0 radical (unpaired) electrons. The Labute approximate surface area is 122 Å². The molecule has 0 aliphatic carbocycles. The zero-order valence-electron chi connectivity index (χ0n) is 11.3. The molecule has 0 unspecified atom stereocenters. The van der Waals surface area contributed by atoms with E-state index in [4.69, 9.17) is 4.74 Å². The van der Waals surface area contributed by atoms with Crippen LogP contribution < -0.4 is 5.32 Å². The van der Waals surface area contributed by atoms with Crippen LogP contribution in [0.15, 0.2) is 29.6 Å². The molecule has 3 rings (SSSR count). The third kappa shape index (κ3) is 3.75. The Bertz CT molecular complexity index is 508. The molecule has 1 aromatic carbocycles. The summed E-state index contributed by atoms with van der Waals surface area (Å²) in [5.41, 5.74) is 3.43. The molecule has 1 fully saturated rings. The maximum Gasteiger partial charge on any atom is 0.0946 e. The van der Waals surface area contributed by atoms with E-state index in [-0.39, 0.29) is 0 Å². The van der Waals surface area contributed by atoms with Gasteiger partial charge in [-0.2, -0.15) is 0 Å². The molecule has 1 aromatic heterocycles. The average molecular weight is 290 g/mol. The SMILES string of the molecule is c1cc(NCc2csnn2)ccc1CN1CCOCC1. The Morgan fingerprint density at radius 2 is 2.00 bits per heavy atom. The van der Waals surface area contributed by atoms with Crippen molar-refractivity contribution < 1.29 is 4.74 Å². The van der Waals surface area contributed by atoms with Gasteiger partial charge in [-0.25, -0.2) is 0 Å². The lowest BCUT2D eigenvalue weighted by molar-refractivity contribution is 0.0342. The van der Waals surface area contributed by atoms with Crippen molar-refractivity contribution in [3.05, 3.63) is 40.9 Å². The summed E-state index contributed by atoms with van der Waals surface area (Å²) in [4.78, 5) is 2.42. The number of aromatic nitrogens is 2. The lowest BCUT2D eigenvalue weighted by Crippen LogP contribution is -2.35. The van der Waals surface area contributed by atoms with Crippen LogP contribution in [0.5, 0.6) is 0 Å². The minimum atomic E-state index is 0.722. The molecule has 20 heavy (non-hydrogen) atoms. The smallest absolute Gasteiger partial charge is 0.0946 e. The standard InChI is InChI=1S/C14H18N4OS/c1-3-13(15-9-14-11-20-17-16-14)4-2-12(1)10-18-5-7-19-8-6-18/h1-4,11,15H,5-10H2. The fourth-order valence-corrected chi connectivity index (χ4v) is 2.65. The lowest BCUT2D eigenvalue weighted by atomic mass is 10.2. The number of rotatable bonds is 5. The Hall–Kier alpha value is -1.50. The topological polar surface area (TPSA) is 50.3 Å². The van der Waals surface area contributed by atoms with Gasteiger partial charge >= 0.3 is 0 Å². The summed E-state index contributed by atoms with van der Waals surface area (Å²) in [5, 5.41) is 9.32. The van der Waals surface area contributed by atoms with Crippen molar-refractivity contribution in [2.45, 2.75) is 13.1 Å². The highest BCUT2D eigenvalue weighted by atomic mass is 32.1. The fraction of sp³-hybridized carbons (Fsp3) is 0.429. The van der Waals surface area contributed by atoms with Gasteiger partial charge in [0.1, 0.15) is 0 Å². The molecule has 1 aliphatic rings. The fourth-order valence-electron chi connectivity index (χ4n) is 2.20. The van der Waals surface area contributed by atoms with Crippen LogP contribution in [0.2, 0.25) is 0 Å². The summed E-state index contributed by atoms with van der Waals surface area (Å²) >= 11 is 1.38. The van der Waals surface area contributed by atoms with E-state index in [0.29, 0.717) is 0 Å². The van der Waals surface area contributed by atoms with Crippen molar-refractivity contribution in [1.29, 1.82) is 0 Å². The van der Waals surface area contributed by atoms with Crippen molar-refractivity contribution in [2.75, 3.05) is 31.6 Å². The van der Waals surface area contributed by atoms with Crippen LogP contribution in [0, 0.1) is 0 Å². The summed E-state index contributed by atoms with van der Waals surface area (Å²) in [6.07, 6.45) is 0. The van der Waals surface area contributed by atoms with Crippen molar-refractivity contribution in [1.82, 2.24) is 14.5 Å². The molecule has 0 atom stereocenters. The second-order valence-electron chi connectivity index (χ2n) is 4.84. The number of ether oxygens (including phenoxy) is 1. The van der Waals surface area contributed by atoms with E-state index in [1.807, 2.05) is 5.38 Å². The quantitative estimate of drug-likeness (QED) is 0.912. The van der Waals surface area contributed by atoms with Gasteiger partial charge in [0.15, 0.2) is 0 Å². The molecule has 2 aromatic rings. The Morgan fingerprint density at radius 3 is 2.70 bits per heavy atom. The molecule has 0 bridgehead atoms. The summed E-state index contributed by atoms with van der Waals surface area (Å²) in [7, 11) is 0. The number of anilines is 1. The van der Waals surface area contributed by atoms with Gasteiger partial charge < -0.3 is 10.1 Å². The van der Waals surface area contributed by atoms with Crippen LogP contribution in [0.4, 0.5) is 5.69 Å². The summed E-state index contributed by atoms with van der Waals surface area (Å²) < 4.78 is 9.21. The molecule has 1 aliphatic heterocycles. The monoisotopic (exact) mass is 290 g/mol. The number of benzene rings is 1. The third-order valence-electron chi connectivity index (χ3n) is 3.34. The summed E-state index contributed by atoms with van der Waals surface area (Å²) in [6, 6.07) is 8.60.